The molecule has 1 aromatic carbocycles. The first kappa shape index (κ1) is 9.06. The van der Waals surface area contributed by atoms with Crippen molar-refractivity contribution < 1.29 is 4.74 Å². The predicted molar refractivity (Wildman–Crippen MR) is 57.0 cm³/mol. The van der Waals surface area contributed by atoms with Crippen LogP contribution in [0.2, 0.25) is 0 Å². The van der Waals surface area contributed by atoms with E-state index < -0.39 is 0 Å². The third-order valence-corrected chi connectivity index (χ3v) is 2.41. The van der Waals surface area contributed by atoms with Crippen LogP contribution in [-0.4, -0.2) is 38.0 Å². The number of para-hydroxylation sites is 1. The number of ether oxygens (including phenoxy) is 1. The van der Waals surface area contributed by atoms with Crippen LogP contribution in [0.3, 0.4) is 0 Å². The molecule has 3 heteroatoms. The molecule has 1 aliphatic heterocycles. The molecule has 0 aliphatic carbocycles. The van der Waals surface area contributed by atoms with Crippen molar-refractivity contribution >= 4 is 5.84 Å². The van der Waals surface area contributed by atoms with Gasteiger partial charge in [-0.25, -0.2) is 0 Å². The van der Waals surface area contributed by atoms with Crippen LogP contribution in [0.4, 0.5) is 0 Å². The van der Waals surface area contributed by atoms with Crippen LogP contribution in [0, 0.1) is 0 Å². The standard InChI is InChI=1S/C11H14N2O/c1-13-8-7-12-11(13)9-5-3-4-6-10(9)14-2/h3-6H,7-8H2,1-2H3. The number of benzene rings is 1. The zero-order valence-electron chi connectivity index (χ0n) is 8.53. The Morgan fingerprint density at radius 2 is 2.14 bits per heavy atom. The number of aliphatic imine (C=N–C) groups is 1. The average Bonchev–Trinajstić information content (AvgIpc) is 2.64. The second-order valence-electron chi connectivity index (χ2n) is 3.33. The molecule has 3 nitrogen and oxygen atoms in total. The highest BCUT2D eigenvalue weighted by Gasteiger charge is 2.17. The van der Waals surface area contributed by atoms with Crippen molar-refractivity contribution in [3.8, 4) is 5.75 Å². The van der Waals surface area contributed by atoms with Crippen LogP contribution in [0.15, 0.2) is 29.3 Å². The lowest BCUT2D eigenvalue weighted by molar-refractivity contribution is 0.412. The second-order valence-corrected chi connectivity index (χ2v) is 3.33. The Balaban J connectivity index is 2.40. The highest BCUT2D eigenvalue weighted by Crippen LogP contribution is 2.20. The first-order valence-corrected chi connectivity index (χ1v) is 4.72. The Morgan fingerprint density at radius 3 is 2.79 bits per heavy atom. The van der Waals surface area contributed by atoms with Gasteiger partial charge in [-0.05, 0) is 12.1 Å². The number of hydrogen-bond donors (Lipinski definition) is 0. The molecular formula is C11H14N2O. The molecule has 0 atom stereocenters. The molecule has 1 aromatic rings. The van der Waals surface area contributed by atoms with Crippen molar-refractivity contribution in [1.82, 2.24) is 4.90 Å². The predicted octanol–water partition coefficient (Wildman–Crippen LogP) is 1.39. The Labute approximate surface area is 84.0 Å². The smallest absolute Gasteiger partial charge is 0.134 e. The average molecular weight is 190 g/mol. The summed E-state index contributed by atoms with van der Waals surface area (Å²) >= 11 is 0. The molecule has 0 saturated carbocycles. The number of likely N-dealkylation sites (N-methyl/N-ethyl adjacent to an activating group) is 1. The van der Waals surface area contributed by atoms with Crippen molar-refractivity contribution in [3.63, 3.8) is 0 Å². The highest BCUT2D eigenvalue weighted by molar-refractivity contribution is 6.01. The lowest BCUT2D eigenvalue weighted by atomic mass is 10.2. The molecule has 1 heterocycles. The van der Waals surface area contributed by atoms with Gasteiger partial charge in [-0.3, -0.25) is 4.99 Å². The zero-order chi connectivity index (χ0) is 9.97. The van der Waals surface area contributed by atoms with Crippen LogP contribution in [0.1, 0.15) is 5.56 Å². The molecule has 0 aromatic heterocycles. The minimum absolute atomic E-state index is 0.879. The van der Waals surface area contributed by atoms with Gasteiger partial charge in [-0.1, -0.05) is 12.1 Å². The number of nitrogens with zero attached hydrogens (tertiary/aromatic N) is 2. The molecule has 0 fully saturated rings. The molecule has 0 bridgehead atoms. The summed E-state index contributed by atoms with van der Waals surface area (Å²) in [5.74, 6) is 1.92. The monoisotopic (exact) mass is 190 g/mol. The van der Waals surface area contributed by atoms with Crippen molar-refractivity contribution in [3.05, 3.63) is 29.8 Å². The summed E-state index contributed by atoms with van der Waals surface area (Å²) in [6.07, 6.45) is 0. The fourth-order valence-corrected chi connectivity index (χ4v) is 1.65. The first-order valence-electron chi connectivity index (χ1n) is 4.72. The van der Waals surface area contributed by atoms with E-state index in [-0.39, 0.29) is 0 Å². The maximum atomic E-state index is 5.30. The SMILES string of the molecule is COc1ccccc1C1=NCCN1C. The van der Waals surface area contributed by atoms with E-state index in [4.69, 9.17) is 4.74 Å². The summed E-state index contributed by atoms with van der Waals surface area (Å²) in [6.45, 7) is 1.87. The molecular weight excluding hydrogens is 176 g/mol. The zero-order valence-corrected chi connectivity index (χ0v) is 8.53. The van der Waals surface area contributed by atoms with Gasteiger partial charge < -0.3 is 9.64 Å². The number of rotatable bonds is 2. The van der Waals surface area contributed by atoms with Crippen LogP contribution < -0.4 is 4.74 Å². The third kappa shape index (κ3) is 1.45. The molecule has 74 valence electrons. The Morgan fingerprint density at radius 1 is 1.36 bits per heavy atom. The Kier molecular flexibility index (Phi) is 2.39. The van der Waals surface area contributed by atoms with Crippen LogP contribution in [0.25, 0.3) is 0 Å². The van der Waals surface area contributed by atoms with E-state index in [1.54, 1.807) is 7.11 Å². The van der Waals surface area contributed by atoms with Gasteiger partial charge in [0.1, 0.15) is 11.6 Å². The van der Waals surface area contributed by atoms with Gasteiger partial charge in [-0.2, -0.15) is 0 Å². The van der Waals surface area contributed by atoms with Crippen molar-refractivity contribution in [2.45, 2.75) is 0 Å². The number of amidine groups is 1. The van der Waals surface area contributed by atoms with E-state index in [2.05, 4.69) is 16.9 Å². The summed E-state index contributed by atoms with van der Waals surface area (Å²) in [7, 11) is 3.74. The summed E-state index contributed by atoms with van der Waals surface area (Å²) in [6, 6.07) is 7.98. The lowest BCUT2D eigenvalue weighted by Crippen LogP contribution is -2.23. The minimum atomic E-state index is 0.879. The van der Waals surface area contributed by atoms with Gasteiger partial charge in [0.25, 0.3) is 0 Å². The molecule has 0 saturated heterocycles. The second kappa shape index (κ2) is 3.70. The van der Waals surface area contributed by atoms with Crippen LogP contribution in [-0.2, 0) is 0 Å². The maximum Gasteiger partial charge on any atom is 0.134 e. The topological polar surface area (TPSA) is 24.8 Å². The van der Waals surface area contributed by atoms with Gasteiger partial charge in [0.05, 0.1) is 19.2 Å². The molecule has 1 aliphatic rings. The van der Waals surface area contributed by atoms with E-state index in [1.165, 1.54) is 0 Å². The van der Waals surface area contributed by atoms with Crippen molar-refractivity contribution in [1.29, 1.82) is 0 Å². The molecule has 14 heavy (non-hydrogen) atoms. The van der Waals surface area contributed by atoms with Gasteiger partial charge in [0.2, 0.25) is 0 Å². The molecule has 0 amide bonds. The molecule has 0 radical (unpaired) electrons. The van der Waals surface area contributed by atoms with E-state index in [0.717, 1.165) is 30.2 Å². The quantitative estimate of drug-likeness (QED) is 0.704. The maximum absolute atomic E-state index is 5.30. The van der Waals surface area contributed by atoms with E-state index in [1.807, 2.05) is 24.3 Å². The summed E-state index contributed by atoms with van der Waals surface area (Å²) in [4.78, 5) is 6.61. The Hall–Kier alpha value is -1.51. The third-order valence-electron chi connectivity index (χ3n) is 2.41. The van der Waals surface area contributed by atoms with Gasteiger partial charge in [0, 0.05) is 13.6 Å². The normalized spacial score (nSPS) is 15.6. The van der Waals surface area contributed by atoms with Gasteiger partial charge in [0.15, 0.2) is 0 Å². The number of hydrogen-bond acceptors (Lipinski definition) is 3. The fourth-order valence-electron chi connectivity index (χ4n) is 1.65. The van der Waals surface area contributed by atoms with Crippen LogP contribution in [0.5, 0.6) is 5.75 Å². The summed E-state index contributed by atoms with van der Waals surface area (Å²) in [5, 5.41) is 0. The Bertz CT molecular complexity index is 360. The van der Waals surface area contributed by atoms with Gasteiger partial charge in [-0.15, -0.1) is 0 Å². The minimum Gasteiger partial charge on any atom is -0.496 e. The molecule has 0 spiro atoms. The van der Waals surface area contributed by atoms with Crippen molar-refractivity contribution in [2.75, 3.05) is 27.2 Å². The van der Waals surface area contributed by atoms with Crippen LogP contribution >= 0.6 is 0 Å². The molecule has 0 unspecified atom stereocenters. The molecule has 0 N–H and O–H groups in total. The molecule has 2 rings (SSSR count). The van der Waals surface area contributed by atoms with Crippen molar-refractivity contribution in [2.24, 2.45) is 4.99 Å². The fraction of sp³-hybridized carbons (Fsp3) is 0.364. The van der Waals surface area contributed by atoms with E-state index >= 15 is 0 Å². The summed E-state index contributed by atoms with van der Waals surface area (Å²) < 4.78 is 5.30. The first-order chi connectivity index (χ1) is 6.83. The largest absolute Gasteiger partial charge is 0.496 e. The highest BCUT2D eigenvalue weighted by atomic mass is 16.5. The van der Waals surface area contributed by atoms with E-state index in [0.29, 0.717) is 0 Å². The lowest BCUT2D eigenvalue weighted by Gasteiger charge is -2.15. The van der Waals surface area contributed by atoms with E-state index in [9.17, 15) is 0 Å². The number of methoxy groups -OCH3 is 1. The summed E-state index contributed by atoms with van der Waals surface area (Å²) in [5.41, 5.74) is 1.08. The van der Waals surface area contributed by atoms with Gasteiger partial charge >= 0.3 is 0 Å².